The lowest BCUT2D eigenvalue weighted by molar-refractivity contribution is 0.279. The van der Waals surface area contributed by atoms with Gasteiger partial charge in [0, 0.05) is 34.3 Å². The maximum absolute atomic E-state index is 6.91. The monoisotopic (exact) mass is 504 g/mol. The van der Waals surface area contributed by atoms with E-state index < -0.39 is 0 Å². The predicted octanol–water partition coefficient (Wildman–Crippen LogP) is 5.62. The van der Waals surface area contributed by atoms with Gasteiger partial charge in [-0.15, -0.1) is 0 Å². The molecule has 0 amide bonds. The van der Waals surface area contributed by atoms with E-state index in [0.29, 0.717) is 5.88 Å². The summed E-state index contributed by atoms with van der Waals surface area (Å²) in [7, 11) is 1.70. The van der Waals surface area contributed by atoms with Crippen molar-refractivity contribution in [1.29, 1.82) is 0 Å². The van der Waals surface area contributed by atoms with Gasteiger partial charge in [0.1, 0.15) is 11.5 Å². The molecule has 0 unspecified atom stereocenters. The normalized spacial score (nSPS) is 23.0. The van der Waals surface area contributed by atoms with Gasteiger partial charge in [0.05, 0.1) is 13.3 Å². The van der Waals surface area contributed by atoms with Gasteiger partial charge in [0.2, 0.25) is 5.88 Å². The maximum atomic E-state index is 6.91. The van der Waals surface area contributed by atoms with E-state index in [9.17, 15) is 0 Å². The highest BCUT2D eigenvalue weighted by atomic mass is 35.5. The molecule has 188 valence electrons. The number of aromatic nitrogens is 1. The van der Waals surface area contributed by atoms with Crippen molar-refractivity contribution in [2.75, 3.05) is 20.2 Å². The zero-order chi connectivity index (χ0) is 25.0. The Morgan fingerprint density at radius 2 is 1.89 bits per heavy atom. The minimum absolute atomic E-state index is 0.110. The largest absolute Gasteiger partial charge is 0.496 e. The van der Waals surface area contributed by atoms with Gasteiger partial charge in [-0.25, -0.2) is 4.98 Å². The number of rotatable bonds is 5. The van der Waals surface area contributed by atoms with Gasteiger partial charge < -0.3 is 15.2 Å². The summed E-state index contributed by atoms with van der Waals surface area (Å²) in [4.78, 5) is 4.50. The van der Waals surface area contributed by atoms with E-state index in [1.54, 1.807) is 13.3 Å². The Hall–Kier alpha value is -2.90. The third-order valence-electron chi connectivity index (χ3n) is 7.18. The third kappa shape index (κ3) is 5.57. The van der Waals surface area contributed by atoms with E-state index in [1.807, 2.05) is 36.4 Å². The minimum atomic E-state index is -0.239. The number of pyridine rings is 1. The Morgan fingerprint density at radius 1 is 1.11 bits per heavy atom. The summed E-state index contributed by atoms with van der Waals surface area (Å²) in [5.41, 5.74) is 11.1. The van der Waals surface area contributed by atoms with Gasteiger partial charge in [-0.1, -0.05) is 35.9 Å². The van der Waals surface area contributed by atoms with Crippen molar-refractivity contribution in [3.8, 4) is 17.4 Å². The molecule has 4 N–H and O–H groups in total. The molecule has 6 nitrogen and oxygen atoms in total. The van der Waals surface area contributed by atoms with Crippen molar-refractivity contribution in [2.24, 2.45) is 5.73 Å². The van der Waals surface area contributed by atoms with Gasteiger partial charge in [0.15, 0.2) is 0 Å². The summed E-state index contributed by atoms with van der Waals surface area (Å²) in [5, 5.41) is 7.97. The lowest BCUT2D eigenvalue weighted by atomic mass is 9.85. The third-order valence-corrected chi connectivity index (χ3v) is 7.43. The van der Waals surface area contributed by atoms with Crippen LogP contribution in [-0.2, 0) is 6.42 Å². The van der Waals surface area contributed by atoms with Crippen molar-refractivity contribution in [1.82, 2.24) is 15.6 Å². The summed E-state index contributed by atoms with van der Waals surface area (Å²) in [5.74, 6) is 2.25. The molecule has 3 heterocycles. The average Bonchev–Trinajstić information content (AvgIpc) is 3.03. The lowest BCUT2D eigenvalue weighted by Crippen LogP contribution is -2.49. The standard InChI is InChI=1S/C29H33ClN4O2/c1-35-25-7-2-8-26-24(25)19-21(23-6-4-16-34-28(23)36-26)5-3-13-29(31)14-17-32-27(33-18-15-29)20-9-11-22(30)12-10-20/h2,4-12,16,27,32-33H,3,13-15,17-19,31H2,1H3/b21-5-. The number of benzene rings is 2. The molecule has 2 aromatic carbocycles. The summed E-state index contributed by atoms with van der Waals surface area (Å²) in [6.45, 7) is 1.69. The number of nitrogens with zero attached hydrogens (tertiary/aromatic N) is 1. The van der Waals surface area contributed by atoms with Crippen molar-refractivity contribution < 1.29 is 9.47 Å². The van der Waals surface area contributed by atoms with Gasteiger partial charge in [-0.05, 0) is 86.3 Å². The fraction of sp³-hybridized carbons (Fsp3) is 0.345. The van der Waals surface area contributed by atoms with E-state index in [1.165, 1.54) is 11.1 Å². The molecule has 0 radical (unpaired) electrons. The number of nitrogens with two attached hydrogens (primary N) is 1. The molecule has 36 heavy (non-hydrogen) atoms. The van der Waals surface area contributed by atoms with Crippen molar-refractivity contribution in [2.45, 2.75) is 43.8 Å². The van der Waals surface area contributed by atoms with Crippen LogP contribution in [0.1, 0.15) is 48.5 Å². The molecule has 1 fully saturated rings. The highest BCUT2D eigenvalue weighted by Gasteiger charge is 2.27. The van der Waals surface area contributed by atoms with E-state index >= 15 is 0 Å². The Labute approximate surface area is 217 Å². The molecule has 0 aliphatic carbocycles. The van der Waals surface area contributed by atoms with Gasteiger partial charge >= 0.3 is 0 Å². The van der Waals surface area contributed by atoms with Crippen LogP contribution >= 0.6 is 11.6 Å². The minimum Gasteiger partial charge on any atom is -0.496 e. The molecule has 0 saturated carbocycles. The Balaban J connectivity index is 1.28. The van der Waals surface area contributed by atoms with E-state index in [2.05, 4.69) is 39.9 Å². The zero-order valence-electron chi connectivity index (χ0n) is 20.6. The molecular weight excluding hydrogens is 472 g/mol. The SMILES string of the molecule is COc1cccc2c1C/C(=C/CCC1(N)CCNC(c3ccc(Cl)cc3)NCC1)c1cccnc1O2. The smallest absolute Gasteiger partial charge is 0.226 e. The molecule has 3 aromatic rings. The van der Waals surface area contributed by atoms with Crippen molar-refractivity contribution in [3.63, 3.8) is 0 Å². The first kappa shape index (κ1) is 24.8. The molecule has 0 bridgehead atoms. The van der Waals surface area contributed by atoms with E-state index in [4.69, 9.17) is 26.8 Å². The Bertz CT molecular complexity index is 1220. The highest BCUT2D eigenvalue weighted by molar-refractivity contribution is 6.30. The molecular formula is C29H33ClN4O2. The van der Waals surface area contributed by atoms with Crippen LogP contribution in [0.2, 0.25) is 5.02 Å². The molecule has 1 saturated heterocycles. The summed E-state index contributed by atoms with van der Waals surface area (Å²) < 4.78 is 11.8. The highest BCUT2D eigenvalue weighted by Crippen LogP contribution is 2.41. The number of hydrogen-bond acceptors (Lipinski definition) is 6. The van der Waals surface area contributed by atoms with Crippen LogP contribution in [-0.4, -0.2) is 30.7 Å². The van der Waals surface area contributed by atoms with Gasteiger partial charge in [-0.3, -0.25) is 10.6 Å². The first-order chi connectivity index (χ1) is 17.5. The lowest BCUT2D eigenvalue weighted by Gasteiger charge is -2.34. The fourth-order valence-electron chi connectivity index (χ4n) is 5.10. The van der Waals surface area contributed by atoms with Crippen LogP contribution in [0.15, 0.2) is 66.9 Å². The van der Waals surface area contributed by atoms with Crippen LogP contribution in [0, 0.1) is 0 Å². The van der Waals surface area contributed by atoms with Crippen LogP contribution in [0.5, 0.6) is 17.4 Å². The molecule has 7 heteroatoms. The number of fused-ring (bicyclic) bond motifs is 2. The van der Waals surface area contributed by atoms with Crippen molar-refractivity contribution >= 4 is 17.2 Å². The van der Waals surface area contributed by atoms with Crippen LogP contribution in [0.25, 0.3) is 5.57 Å². The molecule has 0 atom stereocenters. The summed E-state index contributed by atoms with van der Waals surface area (Å²) in [6.07, 6.45) is 8.52. The molecule has 1 aromatic heterocycles. The van der Waals surface area contributed by atoms with Crippen LogP contribution in [0.3, 0.4) is 0 Å². The molecule has 5 rings (SSSR count). The first-order valence-corrected chi connectivity index (χ1v) is 12.9. The number of ether oxygens (including phenoxy) is 2. The molecule has 2 aliphatic heterocycles. The fourth-order valence-corrected chi connectivity index (χ4v) is 5.22. The summed E-state index contributed by atoms with van der Waals surface area (Å²) >= 11 is 6.05. The molecule has 0 spiro atoms. The predicted molar refractivity (Wildman–Crippen MR) is 145 cm³/mol. The zero-order valence-corrected chi connectivity index (χ0v) is 21.4. The van der Waals surface area contributed by atoms with Crippen LogP contribution in [0.4, 0.5) is 0 Å². The number of nitrogens with one attached hydrogen (secondary N) is 2. The Morgan fingerprint density at radius 3 is 2.64 bits per heavy atom. The number of allylic oxidation sites excluding steroid dienone is 2. The Kier molecular flexibility index (Phi) is 7.58. The van der Waals surface area contributed by atoms with Crippen LogP contribution < -0.4 is 25.8 Å². The first-order valence-electron chi connectivity index (χ1n) is 12.5. The van der Waals surface area contributed by atoms with Gasteiger partial charge in [-0.2, -0.15) is 0 Å². The second-order valence-corrected chi connectivity index (χ2v) is 10.0. The summed E-state index contributed by atoms with van der Waals surface area (Å²) in [6, 6.07) is 17.9. The second-order valence-electron chi connectivity index (χ2n) is 9.60. The van der Waals surface area contributed by atoms with Crippen molar-refractivity contribution in [3.05, 3.63) is 88.6 Å². The number of methoxy groups -OCH3 is 1. The number of halogens is 1. The molecule has 2 aliphatic rings. The van der Waals surface area contributed by atoms with E-state index in [0.717, 1.165) is 72.8 Å². The maximum Gasteiger partial charge on any atom is 0.226 e. The van der Waals surface area contributed by atoms with E-state index in [-0.39, 0.29) is 11.7 Å². The topological polar surface area (TPSA) is 81.4 Å². The van der Waals surface area contributed by atoms with Gasteiger partial charge in [0.25, 0.3) is 0 Å². The quantitative estimate of drug-likeness (QED) is 0.418. The number of hydrogen-bond donors (Lipinski definition) is 3. The second kappa shape index (κ2) is 11.0. The average molecular weight is 505 g/mol.